The molecule has 0 spiro atoms. The van der Waals surface area contributed by atoms with Gasteiger partial charge in [0.05, 0.1) is 25.4 Å². The van der Waals surface area contributed by atoms with Gasteiger partial charge < -0.3 is 14.4 Å². The van der Waals surface area contributed by atoms with E-state index >= 15 is 0 Å². The topological polar surface area (TPSA) is 91.3 Å². The number of urea groups is 1. The van der Waals surface area contributed by atoms with Gasteiger partial charge in [-0.05, 0) is 29.8 Å². The Bertz CT molecular complexity index is 915. The standard InChI is InChI=1S/C20H20F3N3O5/c21-20(22,23)31-17-4-2-1-3-16(17)26(19(28)25-9-11-30-12-10-25)13-14-5-7-15(8-6-14)18(27)24-29/h1-8,29H,9-13H2,(H,24,27). The van der Waals surface area contributed by atoms with E-state index in [1.165, 1.54) is 57.7 Å². The van der Waals surface area contributed by atoms with Crippen molar-refractivity contribution in [1.29, 1.82) is 0 Å². The van der Waals surface area contributed by atoms with E-state index in [9.17, 15) is 22.8 Å². The van der Waals surface area contributed by atoms with Gasteiger partial charge in [0, 0.05) is 18.7 Å². The van der Waals surface area contributed by atoms with Gasteiger partial charge in [-0.3, -0.25) is 14.9 Å². The number of hydrogen-bond acceptors (Lipinski definition) is 5. The number of para-hydroxylation sites is 2. The minimum absolute atomic E-state index is 0.0477. The van der Waals surface area contributed by atoms with Crippen LogP contribution < -0.4 is 15.1 Å². The SMILES string of the molecule is O=C(NO)c1ccc(CN(C(=O)N2CCOCC2)c2ccccc2OC(F)(F)F)cc1. The Morgan fingerprint density at radius 3 is 2.35 bits per heavy atom. The van der Waals surface area contributed by atoms with Crippen molar-refractivity contribution in [3.8, 4) is 5.75 Å². The Hall–Kier alpha value is -3.31. The fraction of sp³-hybridized carbons (Fsp3) is 0.300. The molecule has 1 saturated heterocycles. The largest absolute Gasteiger partial charge is 0.573 e. The zero-order valence-electron chi connectivity index (χ0n) is 16.3. The number of hydroxylamine groups is 1. The van der Waals surface area contributed by atoms with Gasteiger partial charge in [0.1, 0.15) is 0 Å². The van der Waals surface area contributed by atoms with Crippen LogP contribution in [0.1, 0.15) is 15.9 Å². The van der Waals surface area contributed by atoms with Gasteiger partial charge in [0.25, 0.3) is 5.91 Å². The molecular weight excluding hydrogens is 419 g/mol. The van der Waals surface area contributed by atoms with Crippen LogP contribution in [0.3, 0.4) is 0 Å². The normalized spacial score (nSPS) is 14.1. The summed E-state index contributed by atoms with van der Waals surface area (Å²) in [6, 6.07) is 10.8. The van der Waals surface area contributed by atoms with E-state index < -0.39 is 24.1 Å². The number of benzene rings is 2. The second-order valence-corrected chi connectivity index (χ2v) is 6.62. The third-order valence-corrected chi connectivity index (χ3v) is 4.55. The first-order valence-corrected chi connectivity index (χ1v) is 9.31. The molecule has 1 aliphatic rings. The van der Waals surface area contributed by atoms with Crippen LogP contribution in [0.25, 0.3) is 0 Å². The van der Waals surface area contributed by atoms with Crippen molar-refractivity contribution in [1.82, 2.24) is 10.4 Å². The zero-order chi connectivity index (χ0) is 22.4. The summed E-state index contributed by atoms with van der Waals surface area (Å²) in [5.74, 6) is -1.22. The van der Waals surface area contributed by atoms with Gasteiger partial charge in [-0.25, -0.2) is 10.3 Å². The number of carbonyl (C=O) groups excluding carboxylic acids is 2. The highest BCUT2D eigenvalue weighted by molar-refractivity contribution is 5.94. The number of hydrogen-bond donors (Lipinski definition) is 2. The fourth-order valence-corrected chi connectivity index (χ4v) is 3.08. The van der Waals surface area contributed by atoms with E-state index in [0.717, 1.165) is 6.07 Å². The summed E-state index contributed by atoms with van der Waals surface area (Å²) in [6.45, 7) is 1.17. The molecule has 0 aliphatic carbocycles. The number of carbonyl (C=O) groups is 2. The summed E-state index contributed by atoms with van der Waals surface area (Å²) in [6.07, 6.45) is -4.93. The Labute approximate surface area is 175 Å². The van der Waals surface area contributed by atoms with Crippen LogP contribution in [0, 0.1) is 0 Å². The first-order chi connectivity index (χ1) is 14.8. The van der Waals surface area contributed by atoms with E-state index in [2.05, 4.69) is 4.74 Å². The number of nitrogens with one attached hydrogen (secondary N) is 1. The second kappa shape index (κ2) is 9.67. The monoisotopic (exact) mass is 439 g/mol. The van der Waals surface area contributed by atoms with Gasteiger partial charge in [-0.1, -0.05) is 24.3 Å². The van der Waals surface area contributed by atoms with Gasteiger partial charge in [0.2, 0.25) is 0 Å². The van der Waals surface area contributed by atoms with Crippen LogP contribution in [0.4, 0.5) is 23.7 Å². The third-order valence-electron chi connectivity index (χ3n) is 4.55. The molecular formula is C20H20F3N3O5. The van der Waals surface area contributed by atoms with Crippen molar-refractivity contribution in [2.75, 3.05) is 31.2 Å². The maximum Gasteiger partial charge on any atom is 0.573 e. The van der Waals surface area contributed by atoms with Crippen LogP contribution in [-0.4, -0.2) is 54.7 Å². The van der Waals surface area contributed by atoms with E-state index in [4.69, 9.17) is 9.94 Å². The van der Waals surface area contributed by atoms with Crippen LogP contribution in [-0.2, 0) is 11.3 Å². The van der Waals surface area contributed by atoms with Gasteiger partial charge in [-0.2, -0.15) is 0 Å². The maximum absolute atomic E-state index is 13.2. The van der Waals surface area contributed by atoms with E-state index in [-0.39, 0.29) is 17.8 Å². The van der Waals surface area contributed by atoms with Crippen LogP contribution in [0.15, 0.2) is 48.5 Å². The number of anilines is 1. The number of halogens is 3. The molecule has 0 radical (unpaired) electrons. The molecule has 0 saturated carbocycles. The lowest BCUT2D eigenvalue weighted by atomic mass is 10.1. The first kappa shape index (κ1) is 22.4. The lowest BCUT2D eigenvalue weighted by Gasteiger charge is -2.33. The average molecular weight is 439 g/mol. The molecule has 1 fully saturated rings. The smallest absolute Gasteiger partial charge is 0.404 e. The summed E-state index contributed by atoms with van der Waals surface area (Å²) in [5.41, 5.74) is 2.20. The molecule has 0 bridgehead atoms. The van der Waals surface area contributed by atoms with Crippen LogP contribution >= 0.6 is 0 Å². The highest BCUT2D eigenvalue weighted by Gasteiger charge is 2.34. The van der Waals surface area contributed by atoms with Gasteiger partial charge in [0.15, 0.2) is 5.75 Å². The Kier molecular flexibility index (Phi) is 6.98. The molecule has 2 aromatic carbocycles. The zero-order valence-corrected chi connectivity index (χ0v) is 16.3. The molecule has 2 aromatic rings. The summed E-state index contributed by atoms with van der Waals surface area (Å²) in [7, 11) is 0. The third kappa shape index (κ3) is 5.86. The quantitative estimate of drug-likeness (QED) is 0.552. The van der Waals surface area contributed by atoms with Gasteiger partial charge >= 0.3 is 12.4 Å². The summed E-state index contributed by atoms with van der Waals surface area (Å²) >= 11 is 0. The van der Waals surface area contributed by atoms with Crippen LogP contribution in [0.5, 0.6) is 5.75 Å². The Morgan fingerprint density at radius 1 is 1.10 bits per heavy atom. The minimum Gasteiger partial charge on any atom is -0.404 e. The van der Waals surface area contributed by atoms with Crippen molar-refractivity contribution in [2.45, 2.75) is 12.9 Å². The van der Waals surface area contributed by atoms with Crippen molar-refractivity contribution in [3.63, 3.8) is 0 Å². The molecule has 1 aliphatic heterocycles. The molecule has 2 N–H and O–H groups in total. The molecule has 3 amide bonds. The molecule has 0 unspecified atom stereocenters. The number of nitrogens with zero attached hydrogens (tertiary/aromatic N) is 2. The minimum atomic E-state index is -4.93. The van der Waals surface area contributed by atoms with E-state index in [0.29, 0.717) is 31.9 Å². The number of morpholine rings is 1. The lowest BCUT2D eigenvalue weighted by molar-refractivity contribution is -0.274. The summed E-state index contributed by atoms with van der Waals surface area (Å²) in [4.78, 5) is 27.4. The van der Waals surface area contributed by atoms with E-state index in [1.807, 2.05) is 0 Å². The highest BCUT2D eigenvalue weighted by atomic mass is 19.4. The molecule has 166 valence electrons. The van der Waals surface area contributed by atoms with Crippen molar-refractivity contribution in [3.05, 3.63) is 59.7 Å². The predicted molar refractivity (Wildman–Crippen MR) is 103 cm³/mol. The number of rotatable bonds is 5. The summed E-state index contributed by atoms with van der Waals surface area (Å²) in [5, 5.41) is 8.72. The molecule has 8 nitrogen and oxygen atoms in total. The molecule has 0 atom stereocenters. The lowest BCUT2D eigenvalue weighted by Crippen LogP contribution is -2.48. The number of ether oxygens (including phenoxy) is 2. The average Bonchev–Trinajstić information content (AvgIpc) is 2.77. The maximum atomic E-state index is 13.2. The van der Waals surface area contributed by atoms with Crippen molar-refractivity contribution < 1.29 is 37.4 Å². The predicted octanol–water partition coefficient (Wildman–Crippen LogP) is 3.16. The summed E-state index contributed by atoms with van der Waals surface area (Å²) < 4.78 is 48.1. The number of alkyl halides is 3. The van der Waals surface area contributed by atoms with E-state index in [1.54, 1.807) is 0 Å². The number of amides is 3. The Balaban J connectivity index is 1.94. The molecule has 0 aromatic heterocycles. The van der Waals surface area contributed by atoms with Gasteiger partial charge in [-0.15, -0.1) is 13.2 Å². The second-order valence-electron chi connectivity index (χ2n) is 6.62. The fourth-order valence-electron chi connectivity index (χ4n) is 3.08. The van der Waals surface area contributed by atoms with Crippen molar-refractivity contribution in [2.24, 2.45) is 0 Å². The van der Waals surface area contributed by atoms with Crippen LogP contribution in [0.2, 0.25) is 0 Å². The first-order valence-electron chi connectivity index (χ1n) is 9.31. The molecule has 3 rings (SSSR count). The molecule has 11 heteroatoms. The molecule has 31 heavy (non-hydrogen) atoms. The van der Waals surface area contributed by atoms with Crippen molar-refractivity contribution >= 4 is 17.6 Å². The Morgan fingerprint density at radius 2 is 1.74 bits per heavy atom. The highest BCUT2D eigenvalue weighted by Crippen LogP contribution is 2.34. The molecule has 1 heterocycles.